The van der Waals surface area contributed by atoms with E-state index in [0.29, 0.717) is 30.5 Å². The van der Waals surface area contributed by atoms with Gasteiger partial charge in [-0.05, 0) is 61.7 Å². The Hall–Kier alpha value is -1.16. The van der Waals surface area contributed by atoms with Crippen molar-refractivity contribution in [1.82, 2.24) is 0 Å². The van der Waals surface area contributed by atoms with Crippen LogP contribution in [0.25, 0.3) is 0 Å². The van der Waals surface area contributed by atoms with Gasteiger partial charge in [-0.3, -0.25) is 9.59 Å². The normalized spacial score (nSPS) is 36.9. The first-order valence-corrected chi connectivity index (χ1v) is 15.9. The highest BCUT2D eigenvalue weighted by Gasteiger charge is 2.60. The van der Waals surface area contributed by atoms with E-state index in [1.165, 1.54) is 63.4 Å². The second kappa shape index (κ2) is 12.8. The minimum atomic E-state index is -0.477. The molecule has 4 nitrogen and oxygen atoms in total. The lowest BCUT2D eigenvalue weighted by atomic mass is 9.47. The summed E-state index contributed by atoms with van der Waals surface area (Å²) in [5, 5.41) is 11.2. The largest absolute Gasteiger partial charge is 0.462 e. The minimum absolute atomic E-state index is 0.0442. The summed E-state index contributed by atoms with van der Waals surface area (Å²) >= 11 is 0. The Bertz CT molecular complexity index is 817. The maximum atomic E-state index is 12.7. The Morgan fingerprint density at radius 3 is 2.16 bits per heavy atom. The van der Waals surface area contributed by atoms with Crippen molar-refractivity contribution in [2.24, 2.45) is 28.6 Å². The molecule has 3 unspecified atom stereocenters. The number of fused-ring (bicyclic) bond motifs is 5. The van der Waals surface area contributed by atoms with Gasteiger partial charge < -0.3 is 9.84 Å². The molecule has 0 amide bonds. The highest BCUT2D eigenvalue weighted by atomic mass is 16.5. The molecule has 4 heteroatoms. The molecule has 3 fully saturated rings. The second-order valence-corrected chi connectivity index (χ2v) is 13.4. The number of hydrogen-bond acceptors (Lipinski definition) is 4. The molecule has 0 spiro atoms. The van der Waals surface area contributed by atoms with Gasteiger partial charge in [0.1, 0.15) is 11.9 Å². The Morgan fingerprint density at radius 1 is 0.892 bits per heavy atom. The molecular weight excluding hydrogens is 460 g/mol. The third-order valence-electron chi connectivity index (χ3n) is 11.1. The summed E-state index contributed by atoms with van der Waals surface area (Å²) in [7, 11) is 0. The number of hydrogen-bond donors (Lipinski definition) is 1. The van der Waals surface area contributed by atoms with Crippen molar-refractivity contribution in [3.63, 3.8) is 0 Å². The molecule has 4 rings (SSSR count). The fourth-order valence-electron chi connectivity index (χ4n) is 8.67. The summed E-state index contributed by atoms with van der Waals surface area (Å²) in [6.07, 6.45) is 22.5. The molecule has 0 saturated heterocycles. The number of aliphatic hydroxyl groups is 1. The van der Waals surface area contributed by atoms with Crippen molar-refractivity contribution in [3.8, 4) is 0 Å². The van der Waals surface area contributed by atoms with Crippen LogP contribution in [0.1, 0.15) is 143 Å². The van der Waals surface area contributed by atoms with Crippen LogP contribution in [0.2, 0.25) is 0 Å². The number of ketones is 1. The van der Waals surface area contributed by atoms with E-state index in [4.69, 9.17) is 4.74 Å². The van der Waals surface area contributed by atoms with Gasteiger partial charge in [0.25, 0.3) is 0 Å². The van der Waals surface area contributed by atoms with E-state index in [2.05, 4.69) is 26.8 Å². The number of aliphatic hydroxyl groups excluding tert-OH is 1. The fourth-order valence-corrected chi connectivity index (χ4v) is 8.67. The van der Waals surface area contributed by atoms with E-state index in [1.54, 1.807) is 0 Å². The first-order chi connectivity index (χ1) is 17.8. The molecule has 4 aliphatic rings. The average Bonchev–Trinajstić information content (AvgIpc) is 3.17. The zero-order chi connectivity index (χ0) is 26.5. The number of Topliss-reactive ketones (excluding diaryl/α,β-unsaturated/α-hetero) is 1. The Kier molecular flexibility index (Phi) is 9.97. The van der Waals surface area contributed by atoms with E-state index in [-0.39, 0.29) is 28.8 Å². The first kappa shape index (κ1) is 28.8. The lowest BCUT2D eigenvalue weighted by Crippen LogP contribution is -2.54. The summed E-state index contributed by atoms with van der Waals surface area (Å²) in [5.41, 5.74) is 1.13. The van der Waals surface area contributed by atoms with Crippen LogP contribution < -0.4 is 0 Å². The van der Waals surface area contributed by atoms with Gasteiger partial charge in [-0.2, -0.15) is 0 Å². The molecule has 0 aliphatic heterocycles. The van der Waals surface area contributed by atoms with Crippen LogP contribution >= 0.6 is 0 Å². The summed E-state index contributed by atoms with van der Waals surface area (Å²) in [5.74, 6) is 1.30. The molecular formula is C33H54O4. The van der Waals surface area contributed by atoms with Crippen LogP contribution in [-0.2, 0) is 14.3 Å². The van der Waals surface area contributed by atoms with Crippen LogP contribution in [0.4, 0.5) is 0 Å². The zero-order valence-electron chi connectivity index (χ0n) is 24.1. The maximum absolute atomic E-state index is 12.7. The molecule has 37 heavy (non-hydrogen) atoms. The molecule has 0 radical (unpaired) electrons. The van der Waals surface area contributed by atoms with E-state index >= 15 is 0 Å². The summed E-state index contributed by atoms with van der Waals surface area (Å²) in [4.78, 5) is 25.2. The van der Waals surface area contributed by atoms with E-state index < -0.39 is 6.10 Å². The predicted octanol–water partition coefficient (Wildman–Crippen LogP) is 8.10. The lowest BCUT2D eigenvalue weighted by Gasteiger charge is -2.58. The molecule has 4 aliphatic carbocycles. The van der Waals surface area contributed by atoms with Crippen molar-refractivity contribution in [1.29, 1.82) is 0 Å². The van der Waals surface area contributed by atoms with Crippen molar-refractivity contribution >= 4 is 11.8 Å². The van der Waals surface area contributed by atoms with E-state index in [9.17, 15) is 14.7 Å². The third-order valence-corrected chi connectivity index (χ3v) is 11.1. The fraction of sp³-hybridized carbons (Fsp3) is 0.879. The lowest BCUT2D eigenvalue weighted by molar-refractivity contribution is -0.152. The summed E-state index contributed by atoms with van der Waals surface area (Å²) < 4.78 is 5.94. The first-order valence-electron chi connectivity index (χ1n) is 15.9. The van der Waals surface area contributed by atoms with Gasteiger partial charge >= 0.3 is 5.97 Å². The molecule has 3 saturated carbocycles. The number of carbonyl (C=O) groups excluding carboxylic acids is 2. The molecule has 7 atom stereocenters. The number of unbranched alkanes of at least 4 members (excludes halogenated alkanes) is 10. The quantitative estimate of drug-likeness (QED) is 0.153. The number of ether oxygens (including phenoxy) is 1. The molecule has 210 valence electrons. The standard InChI is InChI=1S/C33H54O4/c1-4-5-6-7-8-9-10-11-12-13-14-15-30(36)37-25-18-20-32(2)24(22-25)23-28(34)31-26-16-17-29(35)33(26,3)21-19-27(31)32/h23,25-28,31,34H,4-22H2,1-3H3/t25-,26?,27?,28+,31?,32-,33-/m0/s1. The third kappa shape index (κ3) is 6.36. The zero-order valence-corrected chi connectivity index (χ0v) is 24.1. The monoisotopic (exact) mass is 514 g/mol. The SMILES string of the molecule is CCCCCCCCCCCCCC(=O)O[C@H]1CC[C@@]2(C)C(=C[C@@H](O)C3C2CC[C@]2(C)C(=O)CCC32)C1. The van der Waals surface area contributed by atoms with Gasteiger partial charge in [0, 0.05) is 24.7 Å². The van der Waals surface area contributed by atoms with Crippen LogP contribution in [0.15, 0.2) is 11.6 Å². The van der Waals surface area contributed by atoms with Crippen LogP contribution in [0, 0.1) is 28.6 Å². The van der Waals surface area contributed by atoms with Gasteiger partial charge in [0.05, 0.1) is 6.10 Å². The summed E-state index contributed by atoms with van der Waals surface area (Å²) in [6, 6.07) is 0. The van der Waals surface area contributed by atoms with E-state index in [1.807, 2.05) is 0 Å². The number of rotatable bonds is 13. The smallest absolute Gasteiger partial charge is 0.306 e. The van der Waals surface area contributed by atoms with Crippen LogP contribution in [0.3, 0.4) is 0 Å². The molecule has 0 aromatic carbocycles. The molecule has 1 N–H and O–H groups in total. The molecule has 0 aromatic rings. The highest BCUT2D eigenvalue weighted by Crippen LogP contribution is 2.64. The van der Waals surface area contributed by atoms with Gasteiger partial charge in [-0.15, -0.1) is 0 Å². The number of esters is 1. The van der Waals surface area contributed by atoms with Gasteiger partial charge in [0.2, 0.25) is 0 Å². The van der Waals surface area contributed by atoms with Crippen molar-refractivity contribution < 1.29 is 19.4 Å². The predicted molar refractivity (Wildman–Crippen MR) is 149 cm³/mol. The second-order valence-electron chi connectivity index (χ2n) is 13.4. The van der Waals surface area contributed by atoms with Gasteiger partial charge in [0.15, 0.2) is 0 Å². The molecule has 0 bridgehead atoms. The van der Waals surface area contributed by atoms with E-state index in [0.717, 1.165) is 51.4 Å². The molecule has 0 heterocycles. The maximum Gasteiger partial charge on any atom is 0.306 e. The topological polar surface area (TPSA) is 63.6 Å². The highest BCUT2D eigenvalue weighted by molar-refractivity contribution is 5.87. The van der Waals surface area contributed by atoms with Gasteiger partial charge in [-0.25, -0.2) is 0 Å². The van der Waals surface area contributed by atoms with Crippen LogP contribution in [-0.4, -0.2) is 29.1 Å². The van der Waals surface area contributed by atoms with Crippen LogP contribution in [0.5, 0.6) is 0 Å². The Morgan fingerprint density at radius 2 is 1.49 bits per heavy atom. The molecule has 0 aromatic heterocycles. The van der Waals surface area contributed by atoms with Gasteiger partial charge in [-0.1, -0.05) is 96.6 Å². The van der Waals surface area contributed by atoms with Crippen molar-refractivity contribution in [3.05, 3.63) is 11.6 Å². The summed E-state index contributed by atoms with van der Waals surface area (Å²) in [6.45, 7) is 6.80. The average molecular weight is 515 g/mol. The van der Waals surface area contributed by atoms with Crippen molar-refractivity contribution in [2.75, 3.05) is 0 Å². The Balaban J connectivity index is 1.18. The Labute approximate surface area is 226 Å². The minimum Gasteiger partial charge on any atom is -0.462 e. The van der Waals surface area contributed by atoms with Crippen molar-refractivity contribution in [2.45, 2.75) is 155 Å². The number of carbonyl (C=O) groups is 2.